The van der Waals surface area contributed by atoms with Crippen molar-refractivity contribution in [3.05, 3.63) is 52.1 Å². The average Bonchev–Trinajstić information content (AvgIpc) is 3.23. The first kappa shape index (κ1) is 16.1. The highest BCUT2D eigenvalue weighted by molar-refractivity contribution is 7.71. The summed E-state index contributed by atoms with van der Waals surface area (Å²) in [6.07, 6.45) is 0. The molecule has 1 atom stereocenters. The monoisotopic (exact) mass is 355 g/mol. The largest absolute Gasteiger partial charge is 0.324 e. The van der Waals surface area contributed by atoms with Crippen molar-refractivity contribution in [1.82, 2.24) is 14.8 Å². The average molecular weight is 355 g/mol. The van der Waals surface area contributed by atoms with Crippen LogP contribution in [0.4, 0.5) is 5.69 Å². The fourth-order valence-corrected chi connectivity index (χ4v) is 3.27. The van der Waals surface area contributed by atoms with Gasteiger partial charge >= 0.3 is 0 Å². The second-order valence-electron chi connectivity index (χ2n) is 5.06. The van der Waals surface area contributed by atoms with Crippen molar-refractivity contribution in [2.24, 2.45) is 0 Å². The Balaban J connectivity index is 1.88. The van der Waals surface area contributed by atoms with Crippen molar-refractivity contribution < 1.29 is 4.79 Å². The van der Waals surface area contributed by atoms with Crippen molar-refractivity contribution >= 4 is 35.1 Å². The Kier molecular flexibility index (Phi) is 4.55. The lowest BCUT2D eigenvalue weighted by Crippen LogP contribution is -2.24. The van der Waals surface area contributed by atoms with E-state index in [-0.39, 0.29) is 5.91 Å². The van der Waals surface area contributed by atoms with Gasteiger partial charge in [-0.2, -0.15) is 10.4 Å². The van der Waals surface area contributed by atoms with Gasteiger partial charge < -0.3 is 5.32 Å². The Morgan fingerprint density at radius 1 is 1.46 bits per heavy atom. The third-order valence-electron chi connectivity index (χ3n) is 3.47. The number of aromatic amines is 1. The zero-order chi connectivity index (χ0) is 17.1. The number of hydrogen-bond acceptors (Lipinski definition) is 5. The molecule has 6 nitrogen and oxygen atoms in total. The van der Waals surface area contributed by atoms with Crippen molar-refractivity contribution in [3.8, 4) is 16.8 Å². The minimum atomic E-state index is -0.556. The number of amides is 1. The van der Waals surface area contributed by atoms with Crippen LogP contribution >= 0.6 is 23.6 Å². The van der Waals surface area contributed by atoms with Crippen LogP contribution in [0.2, 0.25) is 0 Å². The van der Waals surface area contributed by atoms with E-state index in [1.807, 2.05) is 23.6 Å². The first-order valence-electron chi connectivity index (χ1n) is 7.12. The molecule has 0 unspecified atom stereocenters. The molecule has 0 aliphatic rings. The van der Waals surface area contributed by atoms with Gasteiger partial charge in [0, 0.05) is 5.69 Å². The Labute approximate surface area is 147 Å². The Hall–Kier alpha value is -2.76. The molecular weight excluding hydrogens is 342 g/mol. The van der Waals surface area contributed by atoms with Gasteiger partial charge in [0.25, 0.3) is 0 Å². The number of nitrogens with zero attached hydrogens (tertiary/aromatic N) is 3. The second kappa shape index (κ2) is 6.78. The van der Waals surface area contributed by atoms with Gasteiger partial charge in [-0.25, -0.2) is 0 Å². The molecule has 3 rings (SSSR count). The number of nitrogens with one attached hydrogen (secondary N) is 2. The van der Waals surface area contributed by atoms with Crippen molar-refractivity contribution in [1.29, 1.82) is 5.26 Å². The number of anilines is 1. The van der Waals surface area contributed by atoms with E-state index in [9.17, 15) is 4.79 Å². The molecule has 1 aromatic carbocycles. The fourth-order valence-electron chi connectivity index (χ4n) is 2.27. The van der Waals surface area contributed by atoms with E-state index in [1.165, 1.54) is 11.3 Å². The van der Waals surface area contributed by atoms with Crippen LogP contribution in [0.25, 0.3) is 10.7 Å². The zero-order valence-corrected chi connectivity index (χ0v) is 14.3. The number of hydrogen-bond donors (Lipinski definition) is 2. The topological polar surface area (TPSA) is 86.5 Å². The molecule has 24 heavy (non-hydrogen) atoms. The smallest absolute Gasteiger partial charge is 0.247 e. The van der Waals surface area contributed by atoms with Crippen molar-refractivity contribution in [2.45, 2.75) is 13.0 Å². The van der Waals surface area contributed by atoms with E-state index in [2.05, 4.69) is 15.5 Å². The van der Waals surface area contributed by atoms with Gasteiger partial charge in [-0.15, -0.1) is 11.3 Å². The minimum absolute atomic E-state index is 0.236. The zero-order valence-electron chi connectivity index (χ0n) is 12.7. The first-order chi connectivity index (χ1) is 11.6. The molecule has 0 aliphatic carbocycles. The summed E-state index contributed by atoms with van der Waals surface area (Å²) < 4.78 is 2.07. The highest BCUT2D eigenvalue weighted by atomic mass is 32.1. The fraction of sp³-hybridized carbons (Fsp3) is 0.125. The normalized spacial score (nSPS) is 11.7. The molecule has 0 fully saturated rings. The van der Waals surface area contributed by atoms with Crippen LogP contribution in [0.1, 0.15) is 18.5 Å². The van der Waals surface area contributed by atoms with Crippen LogP contribution in [-0.2, 0) is 4.79 Å². The number of carbonyl (C=O) groups is 1. The standard InChI is InChI=1S/C16H13N5OS2/c1-10(15(22)18-12-5-2-4-11(8-12)9-17)21-14(19-20-16(21)23)13-6-3-7-24-13/h2-8,10H,1H3,(H,18,22)(H,20,23)/t10-/m0/s1. The summed E-state index contributed by atoms with van der Waals surface area (Å²) in [5.74, 6) is 0.392. The van der Waals surface area contributed by atoms with E-state index in [1.54, 1.807) is 35.8 Å². The molecular formula is C16H13N5OS2. The lowest BCUT2D eigenvalue weighted by molar-refractivity contribution is -0.118. The summed E-state index contributed by atoms with van der Waals surface area (Å²) in [6.45, 7) is 1.76. The third-order valence-corrected chi connectivity index (χ3v) is 4.63. The number of benzene rings is 1. The molecule has 2 N–H and O–H groups in total. The maximum atomic E-state index is 12.6. The van der Waals surface area contributed by atoms with Crippen LogP contribution in [0.3, 0.4) is 0 Å². The Morgan fingerprint density at radius 2 is 2.29 bits per heavy atom. The van der Waals surface area contributed by atoms with Crippen LogP contribution in [-0.4, -0.2) is 20.7 Å². The highest BCUT2D eigenvalue weighted by Gasteiger charge is 2.21. The summed E-state index contributed by atoms with van der Waals surface area (Å²) in [4.78, 5) is 13.5. The predicted molar refractivity (Wildman–Crippen MR) is 95.2 cm³/mol. The molecule has 3 aromatic rings. The number of rotatable bonds is 4. The van der Waals surface area contributed by atoms with E-state index in [0.29, 0.717) is 21.8 Å². The van der Waals surface area contributed by atoms with Crippen LogP contribution in [0.15, 0.2) is 41.8 Å². The van der Waals surface area contributed by atoms with Gasteiger partial charge in [-0.1, -0.05) is 12.1 Å². The lowest BCUT2D eigenvalue weighted by Gasteiger charge is -2.15. The SMILES string of the molecule is C[C@@H](C(=O)Nc1cccc(C#N)c1)n1c(-c2cccs2)n[nH]c1=S. The minimum Gasteiger partial charge on any atom is -0.324 e. The van der Waals surface area contributed by atoms with Gasteiger partial charge in [-0.05, 0) is 48.8 Å². The molecule has 2 aromatic heterocycles. The molecule has 0 bridgehead atoms. The number of aromatic nitrogens is 3. The molecule has 120 valence electrons. The van der Waals surface area contributed by atoms with E-state index < -0.39 is 6.04 Å². The maximum Gasteiger partial charge on any atom is 0.247 e. The number of H-pyrrole nitrogens is 1. The molecule has 2 heterocycles. The predicted octanol–water partition coefficient (Wildman–Crippen LogP) is 3.74. The van der Waals surface area contributed by atoms with Gasteiger partial charge in [0.05, 0.1) is 16.5 Å². The Bertz CT molecular complexity index is 965. The van der Waals surface area contributed by atoms with E-state index >= 15 is 0 Å². The van der Waals surface area contributed by atoms with Gasteiger partial charge in [-0.3, -0.25) is 14.5 Å². The summed E-state index contributed by atoms with van der Waals surface area (Å²) in [6, 6.07) is 12.1. The Morgan fingerprint density at radius 3 is 3.00 bits per heavy atom. The molecule has 0 saturated carbocycles. The molecule has 0 aliphatic heterocycles. The number of carbonyl (C=O) groups excluding carboxylic acids is 1. The molecule has 1 amide bonds. The van der Waals surface area contributed by atoms with Crippen LogP contribution in [0.5, 0.6) is 0 Å². The molecule has 0 spiro atoms. The second-order valence-corrected chi connectivity index (χ2v) is 6.39. The molecule has 0 radical (unpaired) electrons. The number of nitriles is 1. The van der Waals surface area contributed by atoms with Gasteiger partial charge in [0.2, 0.25) is 5.91 Å². The summed E-state index contributed by atoms with van der Waals surface area (Å²) in [5.41, 5.74) is 1.05. The summed E-state index contributed by atoms with van der Waals surface area (Å²) >= 11 is 6.80. The van der Waals surface area contributed by atoms with Crippen molar-refractivity contribution in [2.75, 3.05) is 5.32 Å². The van der Waals surface area contributed by atoms with E-state index in [0.717, 1.165) is 4.88 Å². The highest BCUT2D eigenvalue weighted by Crippen LogP contribution is 2.26. The lowest BCUT2D eigenvalue weighted by atomic mass is 10.2. The molecule has 0 saturated heterocycles. The molecule has 8 heteroatoms. The van der Waals surface area contributed by atoms with Crippen LogP contribution < -0.4 is 5.32 Å². The van der Waals surface area contributed by atoms with Gasteiger partial charge in [0.1, 0.15) is 6.04 Å². The first-order valence-corrected chi connectivity index (χ1v) is 8.40. The quantitative estimate of drug-likeness (QED) is 0.698. The van der Waals surface area contributed by atoms with Crippen molar-refractivity contribution in [3.63, 3.8) is 0 Å². The third kappa shape index (κ3) is 3.13. The summed E-state index contributed by atoms with van der Waals surface area (Å²) in [7, 11) is 0. The summed E-state index contributed by atoms with van der Waals surface area (Å²) in [5, 5.41) is 20.7. The maximum absolute atomic E-state index is 12.6. The van der Waals surface area contributed by atoms with Crippen LogP contribution in [0, 0.1) is 16.1 Å². The van der Waals surface area contributed by atoms with E-state index in [4.69, 9.17) is 17.5 Å². The number of thiophene rings is 1. The van der Waals surface area contributed by atoms with Gasteiger partial charge in [0.15, 0.2) is 10.6 Å².